The van der Waals surface area contributed by atoms with Gasteiger partial charge < -0.3 is 20.1 Å². The summed E-state index contributed by atoms with van der Waals surface area (Å²) in [5.41, 5.74) is 1.25. The second-order valence-corrected chi connectivity index (χ2v) is 8.59. The highest BCUT2D eigenvalue weighted by molar-refractivity contribution is 5.66. The van der Waals surface area contributed by atoms with Gasteiger partial charge in [0.2, 0.25) is 0 Å². The number of aliphatic carboxylic acids is 1. The number of rotatable bonds is 10. The Hall–Kier alpha value is -1.17. The molecule has 5 heteroatoms. The van der Waals surface area contributed by atoms with Crippen LogP contribution in [-0.4, -0.2) is 45.7 Å². The van der Waals surface area contributed by atoms with Gasteiger partial charge in [0.1, 0.15) is 0 Å². The van der Waals surface area contributed by atoms with Gasteiger partial charge in [-0.15, -0.1) is 0 Å². The summed E-state index contributed by atoms with van der Waals surface area (Å²) in [6, 6.07) is 0. The van der Waals surface area contributed by atoms with Crippen LogP contribution in [0.15, 0.2) is 23.8 Å². The van der Waals surface area contributed by atoms with Gasteiger partial charge in [-0.25, -0.2) is 0 Å². The summed E-state index contributed by atoms with van der Waals surface area (Å²) in [6.45, 7) is 6.15. The van der Waals surface area contributed by atoms with Gasteiger partial charge in [-0.05, 0) is 51.4 Å². The molecule has 1 saturated heterocycles. The highest BCUT2D eigenvalue weighted by Gasteiger charge is 2.47. The Kier molecular flexibility index (Phi) is 8.52. The van der Waals surface area contributed by atoms with Crippen LogP contribution in [0, 0.1) is 17.8 Å². The van der Waals surface area contributed by atoms with E-state index in [4.69, 9.17) is 9.84 Å². The topological polar surface area (TPSA) is 87.0 Å². The van der Waals surface area contributed by atoms with Gasteiger partial charge in [-0.3, -0.25) is 4.79 Å². The van der Waals surface area contributed by atoms with Crippen LogP contribution in [0.5, 0.6) is 0 Å². The van der Waals surface area contributed by atoms with Gasteiger partial charge in [-0.1, -0.05) is 37.1 Å². The van der Waals surface area contributed by atoms with Gasteiger partial charge in [0, 0.05) is 18.8 Å². The SMILES string of the molecule is CC(C)=CCC(C)[C@H](O)/C=C/[C@@H]1[C@H]2C[C@@H](CCCCC(=O)O)O[C@H]2C[C@H]1O. The van der Waals surface area contributed by atoms with E-state index >= 15 is 0 Å². The number of hydrogen-bond acceptors (Lipinski definition) is 4. The van der Waals surface area contributed by atoms with Crippen molar-refractivity contribution in [2.24, 2.45) is 17.8 Å². The second-order valence-electron chi connectivity index (χ2n) is 8.59. The minimum atomic E-state index is -0.745. The maximum Gasteiger partial charge on any atom is 0.303 e. The van der Waals surface area contributed by atoms with Crippen molar-refractivity contribution in [3.63, 3.8) is 0 Å². The summed E-state index contributed by atoms with van der Waals surface area (Å²) in [5, 5.41) is 29.5. The van der Waals surface area contributed by atoms with Crippen LogP contribution >= 0.6 is 0 Å². The van der Waals surface area contributed by atoms with Gasteiger partial charge in [0.25, 0.3) is 0 Å². The molecule has 0 bridgehead atoms. The lowest BCUT2D eigenvalue weighted by molar-refractivity contribution is -0.137. The molecule has 27 heavy (non-hydrogen) atoms. The number of ether oxygens (including phenoxy) is 1. The van der Waals surface area contributed by atoms with Crippen LogP contribution in [0.25, 0.3) is 0 Å². The fourth-order valence-corrected chi connectivity index (χ4v) is 4.27. The molecule has 3 N–H and O–H groups in total. The number of carbonyl (C=O) groups is 1. The first-order valence-corrected chi connectivity index (χ1v) is 10.3. The molecule has 0 aromatic heterocycles. The predicted octanol–water partition coefficient (Wildman–Crippen LogP) is 3.70. The number of unbranched alkanes of at least 4 members (excludes halogenated alkanes) is 1. The molecule has 1 aliphatic carbocycles. The van der Waals surface area contributed by atoms with E-state index < -0.39 is 18.2 Å². The number of aliphatic hydroxyl groups is 2. The van der Waals surface area contributed by atoms with Crippen molar-refractivity contribution < 1.29 is 24.9 Å². The van der Waals surface area contributed by atoms with Crippen LogP contribution in [0.1, 0.15) is 65.7 Å². The average molecular weight is 381 g/mol. The first-order valence-electron chi connectivity index (χ1n) is 10.3. The van der Waals surface area contributed by atoms with Crippen molar-refractivity contribution in [1.29, 1.82) is 0 Å². The van der Waals surface area contributed by atoms with Gasteiger partial charge in [0.15, 0.2) is 0 Å². The molecule has 1 aliphatic heterocycles. The molecule has 0 aromatic carbocycles. The third kappa shape index (κ3) is 6.74. The number of fused-ring (bicyclic) bond motifs is 1. The Balaban J connectivity index is 1.83. The normalized spacial score (nSPS) is 32.4. The molecular weight excluding hydrogens is 344 g/mol. The zero-order valence-electron chi connectivity index (χ0n) is 16.9. The Bertz CT molecular complexity index is 537. The first-order chi connectivity index (χ1) is 12.8. The lowest BCUT2D eigenvalue weighted by atomic mass is 9.88. The zero-order chi connectivity index (χ0) is 20.0. The fraction of sp³-hybridized carbons (Fsp3) is 0.773. The third-order valence-electron chi connectivity index (χ3n) is 5.97. The fourth-order valence-electron chi connectivity index (χ4n) is 4.27. The molecule has 1 heterocycles. The summed E-state index contributed by atoms with van der Waals surface area (Å²) in [6.07, 6.45) is 10.4. The average Bonchev–Trinajstić information content (AvgIpc) is 3.10. The standard InChI is InChI=1S/C22H36O5/c1-14(2)8-9-15(3)19(23)11-10-17-18-12-16(6-4-5-7-22(25)26)27-21(18)13-20(17)24/h8,10-11,15-21,23-24H,4-7,9,12-13H2,1-3H3,(H,25,26)/b11-10+/t15?,16-,17-,18-,19-,20-,21+/m1/s1. The molecule has 0 aromatic rings. The van der Waals surface area contributed by atoms with Crippen LogP contribution in [0.4, 0.5) is 0 Å². The van der Waals surface area contributed by atoms with E-state index in [-0.39, 0.29) is 30.5 Å². The molecule has 2 rings (SSSR count). The molecule has 2 aliphatic rings. The van der Waals surface area contributed by atoms with Crippen molar-refractivity contribution >= 4 is 5.97 Å². The molecule has 0 amide bonds. The molecule has 5 nitrogen and oxygen atoms in total. The molecule has 1 unspecified atom stereocenters. The minimum absolute atomic E-state index is 0.0318. The van der Waals surface area contributed by atoms with E-state index in [0.29, 0.717) is 18.8 Å². The molecule has 1 saturated carbocycles. The van der Waals surface area contributed by atoms with Gasteiger partial charge in [0.05, 0.1) is 24.4 Å². The van der Waals surface area contributed by atoms with Gasteiger partial charge >= 0.3 is 5.97 Å². The smallest absolute Gasteiger partial charge is 0.303 e. The van der Waals surface area contributed by atoms with E-state index in [0.717, 1.165) is 25.7 Å². The van der Waals surface area contributed by atoms with Crippen molar-refractivity contribution in [3.05, 3.63) is 23.8 Å². The minimum Gasteiger partial charge on any atom is -0.481 e. The van der Waals surface area contributed by atoms with Crippen molar-refractivity contribution in [2.75, 3.05) is 0 Å². The van der Waals surface area contributed by atoms with Crippen LogP contribution in [0.2, 0.25) is 0 Å². The Morgan fingerprint density at radius 2 is 2.00 bits per heavy atom. The summed E-state index contributed by atoms with van der Waals surface area (Å²) in [5.74, 6) is -0.275. The number of allylic oxidation sites excluding steroid dienone is 2. The second kappa shape index (κ2) is 10.4. The molecule has 0 spiro atoms. The number of carboxylic acids is 1. The zero-order valence-corrected chi connectivity index (χ0v) is 16.9. The maximum atomic E-state index is 10.6. The highest BCUT2D eigenvalue weighted by Crippen LogP contribution is 2.45. The molecule has 154 valence electrons. The van der Waals surface area contributed by atoms with Crippen LogP contribution < -0.4 is 0 Å². The third-order valence-corrected chi connectivity index (χ3v) is 5.97. The molecular formula is C22H36O5. The lowest BCUT2D eigenvalue weighted by Gasteiger charge is -2.19. The Morgan fingerprint density at radius 1 is 1.26 bits per heavy atom. The van der Waals surface area contributed by atoms with E-state index in [1.165, 1.54) is 5.57 Å². The van der Waals surface area contributed by atoms with Crippen molar-refractivity contribution in [3.8, 4) is 0 Å². The summed E-state index contributed by atoms with van der Waals surface area (Å²) < 4.78 is 6.10. The van der Waals surface area contributed by atoms with Crippen LogP contribution in [-0.2, 0) is 9.53 Å². The molecule has 0 radical (unpaired) electrons. The number of aliphatic hydroxyl groups excluding tert-OH is 2. The van der Waals surface area contributed by atoms with Crippen molar-refractivity contribution in [1.82, 2.24) is 0 Å². The quantitative estimate of drug-likeness (QED) is 0.397. The van der Waals surface area contributed by atoms with E-state index in [9.17, 15) is 15.0 Å². The van der Waals surface area contributed by atoms with E-state index in [1.807, 2.05) is 19.1 Å². The summed E-state index contributed by atoms with van der Waals surface area (Å²) in [7, 11) is 0. The Labute approximate surface area is 163 Å². The summed E-state index contributed by atoms with van der Waals surface area (Å²) >= 11 is 0. The van der Waals surface area contributed by atoms with E-state index in [1.54, 1.807) is 0 Å². The largest absolute Gasteiger partial charge is 0.481 e. The van der Waals surface area contributed by atoms with Crippen LogP contribution in [0.3, 0.4) is 0 Å². The monoisotopic (exact) mass is 380 g/mol. The highest BCUT2D eigenvalue weighted by atomic mass is 16.5. The summed E-state index contributed by atoms with van der Waals surface area (Å²) in [4.78, 5) is 10.6. The van der Waals surface area contributed by atoms with Crippen molar-refractivity contribution in [2.45, 2.75) is 90.1 Å². The maximum absolute atomic E-state index is 10.6. The lowest BCUT2D eigenvalue weighted by Crippen LogP contribution is -2.20. The Morgan fingerprint density at radius 3 is 2.67 bits per heavy atom. The molecule has 2 fully saturated rings. The van der Waals surface area contributed by atoms with Gasteiger partial charge in [-0.2, -0.15) is 0 Å². The molecule has 7 atom stereocenters. The first kappa shape index (κ1) is 22.1. The predicted molar refractivity (Wildman–Crippen MR) is 105 cm³/mol. The van der Waals surface area contributed by atoms with E-state index in [2.05, 4.69) is 19.9 Å². The number of carboxylic acid groups (broad SMARTS) is 1. The number of hydrogen-bond donors (Lipinski definition) is 3.